The molecule has 0 aliphatic carbocycles. The normalized spacial score (nSPS) is 13.2. The zero-order valence-electron chi connectivity index (χ0n) is 14.1. The summed E-state index contributed by atoms with van der Waals surface area (Å²) in [4.78, 5) is 26.9. The van der Waals surface area contributed by atoms with Gasteiger partial charge in [0.25, 0.3) is 5.91 Å². The number of carbonyl (C=O) groups is 2. The zero-order valence-corrected chi connectivity index (χ0v) is 16.5. The maximum atomic E-state index is 12.3. The molecule has 128 valence electrons. The van der Waals surface area contributed by atoms with E-state index < -0.39 is 6.04 Å². The first-order valence-electron chi connectivity index (χ1n) is 7.71. The second-order valence-electron chi connectivity index (χ2n) is 5.80. The van der Waals surface area contributed by atoms with Gasteiger partial charge in [0.1, 0.15) is 6.04 Å². The molecule has 2 N–H and O–H groups in total. The number of thiophene rings is 1. The molecule has 2 amide bonds. The SMILES string of the molecule is Cc1cc([C@@H](C)NC(=O)[C@H](C)NC(=O)c2ccc(Br)cc2)c(C)s1. The highest BCUT2D eigenvalue weighted by Gasteiger charge is 2.20. The van der Waals surface area contributed by atoms with Gasteiger partial charge in [-0.2, -0.15) is 0 Å². The number of carbonyl (C=O) groups excluding carboxylic acids is 2. The molecule has 1 aromatic carbocycles. The Morgan fingerprint density at radius 1 is 1.08 bits per heavy atom. The highest BCUT2D eigenvalue weighted by atomic mass is 79.9. The molecule has 0 unspecified atom stereocenters. The molecular formula is C18H21BrN2O2S. The predicted octanol–water partition coefficient (Wildman–Crippen LogP) is 4.12. The summed E-state index contributed by atoms with van der Waals surface area (Å²) in [6.07, 6.45) is 0. The van der Waals surface area contributed by atoms with E-state index in [2.05, 4.69) is 39.6 Å². The number of amides is 2. The third-order valence-corrected chi connectivity index (χ3v) is 5.26. The maximum absolute atomic E-state index is 12.3. The van der Waals surface area contributed by atoms with Crippen LogP contribution >= 0.6 is 27.3 Å². The molecule has 0 fully saturated rings. The van der Waals surface area contributed by atoms with Crippen molar-refractivity contribution in [1.82, 2.24) is 10.6 Å². The number of benzene rings is 1. The second-order valence-corrected chi connectivity index (χ2v) is 8.18. The lowest BCUT2D eigenvalue weighted by molar-refractivity contribution is -0.123. The van der Waals surface area contributed by atoms with Crippen LogP contribution in [0.3, 0.4) is 0 Å². The molecule has 0 radical (unpaired) electrons. The highest BCUT2D eigenvalue weighted by molar-refractivity contribution is 9.10. The minimum Gasteiger partial charge on any atom is -0.348 e. The fourth-order valence-electron chi connectivity index (χ4n) is 2.44. The summed E-state index contributed by atoms with van der Waals surface area (Å²) >= 11 is 5.05. The Balaban J connectivity index is 1.95. The van der Waals surface area contributed by atoms with E-state index in [1.165, 1.54) is 9.75 Å². The van der Waals surface area contributed by atoms with Gasteiger partial charge in [0.05, 0.1) is 6.04 Å². The molecule has 1 heterocycles. The average molecular weight is 409 g/mol. The summed E-state index contributed by atoms with van der Waals surface area (Å²) in [7, 11) is 0. The minimum atomic E-state index is -0.608. The number of halogens is 1. The zero-order chi connectivity index (χ0) is 17.9. The summed E-state index contributed by atoms with van der Waals surface area (Å²) in [5, 5.41) is 5.69. The van der Waals surface area contributed by atoms with Crippen molar-refractivity contribution in [3.63, 3.8) is 0 Å². The molecule has 2 rings (SSSR count). The first-order valence-corrected chi connectivity index (χ1v) is 9.32. The van der Waals surface area contributed by atoms with Crippen molar-refractivity contribution < 1.29 is 9.59 Å². The molecule has 0 bridgehead atoms. The average Bonchev–Trinajstić information content (AvgIpc) is 2.86. The Kier molecular flexibility index (Phi) is 6.18. The van der Waals surface area contributed by atoms with Crippen LogP contribution in [0, 0.1) is 13.8 Å². The predicted molar refractivity (Wildman–Crippen MR) is 101 cm³/mol. The molecule has 2 atom stereocenters. The van der Waals surface area contributed by atoms with Crippen LogP contribution in [0.25, 0.3) is 0 Å². The molecule has 0 saturated heterocycles. The smallest absolute Gasteiger partial charge is 0.251 e. The Morgan fingerprint density at radius 3 is 2.25 bits per heavy atom. The molecule has 0 aliphatic rings. The number of nitrogens with one attached hydrogen (secondary N) is 2. The first-order chi connectivity index (χ1) is 11.3. The van der Waals surface area contributed by atoms with Crippen molar-refractivity contribution in [1.29, 1.82) is 0 Å². The van der Waals surface area contributed by atoms with Gasteiger partial charge in [-0.3, -0.25) is 9.59 Å². The van der Waals surface area contributed by atoms with Crippen molar-refractivity contribution in [2.45, 2.75) is 39.8 Å². The largest absolute Gasteiger partial charge is 0.348 e. The van der Waals surface area contributed by atoms with Crippen LogP contribution in [-0.2, 0) is 4.79 Å². The van der Waals surface area contributed by atoms with E-state index in [-0.39, 0.29) is 17.9 Å². The van der Waals surface area contributed by atoms with Gasteiger partial charge in [0.15, 0.2) is 0 Å². The van der Waals surface area contributed by atoms with Crippen LogP contribution in [0.4, 0.5) is 0 Å². The molecule has 0 aliphatic heterocycles. The molecule has 2 aromatic rings. The van der Waals surface area contributed by atoms with E-state index in [1.807, 2.05) is 13.8 Å². The van der Waals surface area contributed by atoms with Crippen LogP contribution in [0.1, 0.15) is 45.6 Å². The molecule has 6 heteroatoms. The van der Waals surface area contributed by atoms with Crippen molar-refractivity contribution in [2.75, 3.05) is 0 Å². The van der Waals surface area contributed by atoms with Crippen LogP contribution in [0.15, 0.2) is 34.8 Å². The van der Waals surface area contributed by atoms with Crippen molar-refractivity contribution in [3.8, 4) is 0 Å². The highest BCUT2D eigenvalue weighted by Crippen LogP contribution is 2.26. The van der Waals surface area contributed by atoms with E-state index in [0.29, 0.717) is 5.56 Å². The lowest BCUT2D eigenvalue weighted by Gasteiger charge is -2.18. The van der Waals surface area contributed by atoms with Gasteiger partial charge < -0.3 is 10.6 Å². The Bertz CT molecular complexity index is 740. The molecular weight excluding hydrogens is 388 g/mol. The molecule has 0 saturated carbocycles. The van der Waals surface area contributed by atoms with Gasteiger partial charge in [0.2, 0.25) is 5.91 Å². The summed E-state index contributed by atoms with van der Waals surface area (Å²) in [5.41, 5.74) is 1.65. The topological polar surface area (TPSA) is 58.2 Å². The molecule has 24 heavy (non-hydrogen) atoms. The van der Waals surface area contributed by atoms with E-state index in [0.717, 1.165) is 10.0 Å². The van der Waals surface area contributed by atoms with Crippen LogP contribution in [-0.4, -0.2) is 17.9 Å². The standard InChI is InChI=1S/C18H21BrN2O2S/c1-10-9-16(13(4)24-10)11(2)20-17(22)12(3)21-18(23)14-5-7-15(19)8-6-14/h5-9,11-12H,1-4H3,(H,20,22)(H,21,23)/t11-,12+/m1/s1. The van der Waals surface area contributed by atoms with E-state index in [1.54, 1.807) is 42.5 Å². The third kappa shape index (κ3) is 4.68. The van der Waals surface area contributed by atoms with Crippen LogP contribution in [0.2, 0.25) is 0 Å². The second kappa shape index (κ2) is 7.94. The van der Waals surface area contributed by atoms with Gasteiger partial charge in [0, 0.05) is 19.8 Å². The summed E-state index contributed by atoms with van der Waals surface area (Å²) in [5.74, 6) is -0.462. The van der Waals surface area contributed by atoms with E-state index >= 15 is 0 Å². The molecule has 1 aromatic heterocycles. The van der Waals surface area contributed by atoms with Crippen LogP contribution in [0.5, 0.6) is 0 Å². The Labute approximate surface area is 154 Å². The number of hydrogen-bond donors (Lipinski definition) is 2. The first kappa shape index (κ1) is 18.7. The lowest BCUT2D eigenvalue weighted by Crippen LogP contribution is -2.45. The van der Waals surface area contributed by atoms with Gasteiger partial charge in [-0.05, 0) is 63.6 Å². The lowest BCUT2D eigenvalue weighted by atomic mass is 10.1. The third-order valence-electron chi connectivity index (χ3n) is 3.75. The molecule has 0 spiro atoms. The number of rotatable bonds is 5. The van der Waals surface area contributed by atoms with Gasteiger partial charge >= 0.3 is 0 Å². The van der Waals surface area contributed by atoms with E-state index in [9.17, 15) is 9.59 Å². The number of aryl methyl sites for hydroxylation is 2. The van der Waals surface area contributed by atoms with E-state index in [4.69, 9.17) is 0 Å². The van der Waals surface area contributed by atoms with Gasteiger partial charge in [-0.1, -0.05) is 15.9 Å². The van der Waals surface area contributed by atoms with Crippen molar-refractivity contribution >= 4 is 39.1 Å². The molecule has 4 nitrogen and oxygen atoms in total. The maximum Gasteiger partial charge on any atom is 0.251 e. The van der Waals surface area contributed by atoms with Gasteiger partial charge in [-0.15, -0.1) is 11.3 Å². The summed E-state index contributed by atoms with van der Waals surface area (Å²) < 4.78 is 0.903. The van der Waals surface area contributed by atoms with Gasteiger partial charge in [-0.25, -0.2) is 0 Å². The van der Waals surface area contributed by atoms with Crippen molar-refractivity contribution in [2.24, 2.45) is 0 Å². The summed E-state index contributed by atoms with van der Waals surface area (Å²) in [6, 6.07) is 8.41. The monoisotopic (exact) mass is 408 g/mol. The Morgan fingerprint density at radius 2 is 1.71 bits per heavy atom. The quantitative estimate of drug-likeness (QED) is 0.781. The number of hydrogen-bond acceptors (Lipinski definition) is 3. The Hall–Kier alpha value is -1.66. The fourth-order valence-corrected chi connectivity index (χ4v) is 3.73. The minimum absolute atomic E-state index is 0.0884. The summed E-state index contributed by atoms with van der Waals surface area (Å²) in [6.45, 7) is 7.74. The van der Waals surface area contributed by atoms with Crippen molar-refractivity contribution in [3.05, 3.63) is 55.7 Å². The van der Waals surface area contributed by atoms with Crippen LogP contribution < -0.4 is 10.6 Å². The fraction of sp³-hybridized carbons (Fsp3) is 0.333.